The van der Waals surface area contributed by atoms with Crippen LogP contribution in [0.3, 0.4) is 0 Å². The Balaban J connectivity index is 1.51. The summed E-state index contributed by atoms with van der Waals surface area (Å²) in [5.41, 5.74) is 3.65. The van der Waals surface area contributed by atoms with E-state index in [1.54, 1.807) is 0 Å². The molecule has 3 aromatic carbocycles. The first-order valence-corrected chi connectivity index (χ1v) is 9.25. The van der Waals surface area contributed by atoms with Crippen molar-refractivity contribution in [1.29, 1.82) is 0 Å². The topological polar surface area (TPSA) is 36.1 Å². The van der Waals surface area contributed by atoms with E-state index in [-0.39, 0.29) is 0 Å². The molecule has 0 amide bonds. The van der Waals surface area contributed by atoms with Gasteiger partial charge in [-0.1, -0.05) is 66.7 Å². The summed E-state index contributed by atoms with van der Waals surface area (Å²) in [6.45, 7) is 2.72. The van der Waals surface area contributed by atoms with E-state index < -0.39 is 0 Å². The van der Waals surface area contributed by atoms with Gasteiger partial charge in [0, 0.05) is 37.1 Å². The zero-order valence-electron chi connectivity index (χ0n) is 15.1. The third kappa shape index (κ3) is 6.26. The molecule has 0 aliphatic rings. The second-order valence-electron chi connectivity index (χ2n) is 6.39. The maximum atomic E-state index is 3.69. The van der Waals surface area contributed by atoms with E-state index in [0.29, 0.717) is 6.04 Å². The predicted octanol–water partition coefficient (Wildman–Crippen LogP) is 4.76. The van der Waals surface area contributed by atoms with Gasteiger partial charge in [-0.3, -0.25) is 0 Å². The van der Waals surface area contributed by atoms with Crippen LogP contribution in [0.4, 0.5) is 11.4 Å². The Morgan fingerprint density at radius 3 is 1.77 bits per heavy atom. The van der Waals surface area contributed by atoms with E-state index in [0.717, 1.165) is 31.7 Å². The lowest BCUT2D eigenvalue weighted by molar-refractivity contribution is 0.508. The van der Waals surface area contributed by atoms with Gasteiger partial charge in [-0.25, -0.2) is 0 Å². The van der Waals surface area contributed by atoms with Gasteiger partial charge in [-0.05, 0) is 36.2 Å². The Kier molecular flexibility index (Phi) is 7.12. The molecular formula is C23H27N3. The monoisotopic (exact) mass is 345 g/mol. The lowest BCUT2D eigenvalue weighted by atomic mass is 10.1. The number of hydrogen-bond donors (Lipinski definition) is 3. The Morgan fingerprint density at radius 2 is 1.15 bits per heavy atom. The fourth-order valence-corrected chi connectivity index (χ4v) is 2.88. The Hall–Kier alpha value is -2.78. The molecule has 0 unspecified atom stereocenters. The molecule has 26 heavy (non-hydrogen) atoms. The molecule has 0 aliphatic carbocycles. The van der Waals surface area contributed by atoms with Crippen LogP contribution in [0, 0.1) is 0 Å². The number of benzene rings is 3. The summed E-state index contributed by atoms with van der Waals surface area (Å²) in [7, 11) is 0. The molecule has 3 rings (SSSR count). The van der Waals surface area contributed by atoms with Crippen LogP contribution in [0.1, 0.15) is 12.0 Å². The zero-order chi connectivity index (χ0) is 17.9. The van der Waals surface area contributed by atoms with Crippen LogP contribution in [0.25, 0.3) is 0 Å². The highest BCUT2D eigenvalue weighted by Crippen LogP contribution is 2.08. The van der Waals surface area contributed by atoms with E-state index >= 15 is 0 Å². The molecular weight excluding hydrogens is 318 g/mol. The highest BCUT2D eigenvalue weighted by atomic mass is 15.0. The van der Waals surface area contributed by atoms with Gasteiger partial charge in [0.15, 0.2) is 0 Å². The lowest BCUT2D eigenvalue weighted by Gasteiger charge is -2.21. The van der Waals surface area contributed by atoms with Gasteiger partial charge in [0.1, 0.15) is 0 Å². The molecule has 3 N–H and O–H groups in total. The summed E-state index contributed by atoms with van der Waals surface area (Å²) in [6, 6.07) is 31.7. The molecule has 3 aromatic rings. The maximum absolute atomic E-state index is 3.69. The quantitative estimate of drug-likeness (QED) is 0.496. The Labute approximate surface area is 156 Å². The van der Waals surface area contributed by atoms with Gasteiger partial charge < -0.3 is 16.0 Å². The molecule has 3 nitrogen and oxygen atoms in total. The van der Waals surface area contributed by atoms with Crippen LogP contribution in [0.15, 0.2) is 91.0 Å². The molecule has 0 spiro atoms. The van der Waals surface area contributed by atoms with Crippen LogP contribution in [0.2, 0.25) is 0 Å². The van der Waals surface area contributed by atoms with E-state index in [9.17, 15) is 0 Å². The van der Waals surface area contributed by atoms with Crippen LogP contribution >= 0.6 is 0 Å². The normalized spacial score (nSPS) is 11.7. The average molecular weight is 345 g/mol. The summed E-state index contributed by atoms with van der Waals surface area (Å²) >= 11 is 0. The maximum Gasteiger partial charge on any atom is 0.0340 e. The number of nitrogens with one attached hydrogen (secondary N) is 3. The van der Waals surface area contributed by atoms with Crippen molar-refractivity contribution >= 4 is 11.4 Å². The van der Waals surface area contributed by atoms with Crippen molar-refractivity contribution in [3.8, 4) is 0 Å². The van der Waals surface area contributed by atoms with Crippen LogP contribution in [0.5, 0.6) is 0 Å². The zero-order valence-corrected chi connectivity index (χ0v) is 15.1. The molecule has 0 bridgehead atoms. The van der Waals surface area contributed by atoms with Crippen LogP contribution in [-0.4, -0.2) is 19.1 Å². The van der Waals surface area contributed by atoms with Gasteiger partial charge in [-0.15, -0.1) is 0 Å². The minimum Gasteiger partial charge on any atom is -0.385 e. The van der Waals surface area contributed by atoms with Gasteiger partial charge >= 0.3 is 0 Å². The first kappa shape index (κ1) is 18.0. The molecule has 0 aliphatic heterocycles. The number of para-hydroxylation sites is 2. The second kappa shape index (κ2) is 10.3. The SMILES string of the molecule is c1ccc(CN[C@H](CCNc2ccccc2)CNc2ccccc2)cc1. The third-order valence-corrected chi connectivity index (χ3v) is 4.36. The van der Waals surface area contributed by atoms with Crippen molar-refractivity contribution in [2.75, 3.05) is 23.7 Å². The predicted molar refractivity (Wildman–Crippen MR) is 112 cm³/mol. The highest BCUT2D eigenvalue weighted by Gasteiger charge is 2.08. The molecule has 0 heterocycles. The number of hydrogen-bond acceptors (Lipinski definition) is 3. The summed E-state index contributed by atoms with van der Waals surface area (Å²) in [6.07, 6.45) is 1.04. The smallest absolute Gasteiger partial charge is 0.0340 e. The molecule has 134 valence electrons. The fourth-order valence-electron chi connectivity index (χ4n) is 2.88. The minimum atomic E-state index is 0.381. The molecule has 0 fully saturated rings. The highest BCUT2D eigenvalue weighted by molar-refractivity contribution is 5.43. The van der Waals surface area contributed by atoms with Gasteiger partial charge in [0.25, 0.3) is 0 Å². The van der Waals surface area contributed by atoms with Crippen molar-refractivity contribution in [2.24, 2.45) is 0 Å². The van der Waals surface area contributed by atoms with Crippen molar-refractivity contribution in [3.63, 3.8) is 0 Å². The summed E-state index contributed by atoms with van der Waals surface area (Å²) in [5.74, 6) is 0. The average Bonchev–Trinajstić information content (AvgIpc) is 2.72. The summed E-state index contributed by atoms with van der Waals surface area (Å²) in [4.78, 5) is 0. The van der Waals surface area contributed by atoms with Crippen molar-refractivity contribution < 1.29 is 0 Å². The lowest BCUT2D eigenvalue weighted by Crippen LogP contribution is -2.36. The molecule has 1 atom stereocenters. The van der Waals surface area contributed by atoms with Crippen molar-refractivity contribution in [1.82, 2.24) is 5.32 Å². The molecule has 0 saturated carbocycles. The van der Waals surface area contributed by atoms with Gasteiger partial charge in [-0.2, -0.15) is 0 Å². The fraction of sp³-hybridized carbons (Fsp3) is 0.217. The molecule has 0 aromatic heterocycles. The molecule has 3 heteroatoms. The third-order valence-electron chi connectivity index (χ3n) is 4.36. The largest absolute Gasteiger partial charge is 0.385 e. The minimum absolute atomic E-state index is 0.381. The van der Waals surface area contributed by atoms with E-state index in [1.807, 2.05) is 12.1 Å². The Bertz CT molecular complexity index is 686. The standard InChI is InChI=1S/C23H27N3/c1-4-10-20(11-5-1)18-25-23(19-26-22-14-8-3-9-15-22)16-17-24-21-12-6-2-7-13-21/h1-15,23-26H,16-19H2/t23-/m1/s1. The van der Waals surface area contributed by atoms with Gasteiger partial charge in [0.05, 0.1) is 0 Å². The number of anilines is 2. The number of rotatable bonds is 10. The van der Waals surface area contributed by atoms with E-state index in [1.165, 1.54) is 11.3 Å². The molecule has 0 radical (unpaired) electrons. The van der Waals surface area contributed by atoms with Crippen molar-refractivity contribution in [2.45, 2.75) is 19.0 Å². The van der Waals surface area contributed by atoms with E-state index in [2.05, 4.69) is 94.8 Å². The first-order chi connectivity index (χ1) is 12.9. The summed E-state index contributed by atoms with van der Waals surface area (Å²) in [5, 5.41) is 10.7. The first-order valence-electron chi connectivity index (χ1n) is 9.25. The van der Waals surface area contributed by atoms with E-state index in [4.69, 9.17) is 0 Å². The second-order valence-corrected chi connectivity index (χ2v) is 6.39. The molecule has 0 saturated heterocycles. The van der Waals surface area contributed by atoms with Crippen molar-refractivity contribution in [3.05, 3.63) is 96.6 Å². The van der Waals surface area contributed by atoms with Crippen LogP contribution < -0.4 is 16.0 Å². The summed E-state index contributed by atoms with van der Waals surface area (Å²) < 4.78 is 0. The van der Waals surface area contributed by atoms with Crippen LogP contribution in [-0.2, 0) is 6.54 Å². The van der Waals surface area contributed by atoms with Gasteiger partial charge in [0.2, 0.25) is 0 Å². The Morgan fingerprint density at radius 1 is 0.615 bits per heavy atom.